The van der Waals surface area contributed by atoms with Crippen LogP contribution in [-0.4, -0.2) is 41.1 Å². The summed E-state index contributed by atoms with van der Waals surface area (Å²) in [5.74, 6) is 1.44. The maximum Gasteiger partial charge on any atom is 0.407 e. The largest absolute Gasteiger partial charge is 0.444 e. The predicted octanol–water partition coefficient (Wildman–Crippen LogP) is 6.51. The number of ether oxygens (including phenoxy) is 1. The summed E-state index contributed by atoms with van der Waals surface area (Å²) in [5.41, 5.74) is 5.37. The molecule has 0 spiro atoms. The van der Waals surface area contributed by atoms with Gasteiger partial charge in [-0.15, -0.1) is 0 Å². The minimum atomic E-state index is -0.471. The quantitative estimate of drug-likeness (QED) is 0.505. The van der Waals surface area contributed by atoms with Gasteiger partial charge in [0.2, 0.25) is 5.91 Å². The molecule has 0 radical (unpaired) electrons. The summed E-state index contributed by atoms with van der Waals surface area (Å²) in [6.07, 6.45) is 8.35. The summed E-state index contributed by atoms with van der Waals surface area (Å²) in [6.45, 7) is 11.0. The Morgan fingerprint density at radius 3 is 2.51 bits per heavy atom. The molecule has 0 saturated heterocycles. The monoisotopic (exact) mass is 480 g/mol. The first kappa shape index (κ1) is 25.8. The summed E-state index contributed by atoms with van der Waals surface area (Å²) in [5, 5.41) is 3.02. The van der Waals surface area contributed by atoms with Gasteiger partial charge in [-0.2, -0.15) is 0 Å². The Morgan fingerprint density at radius 1 is 1.11 bits per heavy atom. The van der Waals surface area contributed by atoms with Crippen LogP contribution < -0.4 is 5.32 Å². The molecule has 192 valence electrons. The maximum atomic E-state index is 13.5. The lowest BCUT2D eigenvalue weighted by atomic mass is 9.83. The topological polar surface area (TPSA) is 58.6 Å². The molecule has 1 unspecified atom stereocenters. The van der Waals surface area contributed by atoms with Crippen molar-refractivity contribution in [2.75, 3.05) is 6.54 Å². The first-order valence-corrected chi connectivity index (χ1v) is 13.7. The zero-order valence-corrected chi connectivity index (χ0v) is 22.4. The second-order valence-electron chi connectivity index (χ2n) is 12.2. The van der Waals surface area contributed by atoms with Crippen molar-refractivity contribution in [3.8, 4) is 0 Å². The highest BCUT2D eigenvalue weighted by Crippen LogP contribution is 2.42. The number of carbonyl (C=O) groups excluding carboxylic acids is 2. The van der Waals surface area contributed by atoms with Crippen LogP contribution in [0.3, 0.4) is 0 Å². The van der Waals surface area contributed by atoms with Crippen LogP contribution in [0.5, 0.6) is 0 Å². The molecule has 1 aliphatic heterocycles. The molecule has 1 N–H and O–H groups in total. The van der Waals surface area contributed by atoms with E-state index in [9.17, 15) is 9.59 Å². The van der Waals surface area contributed by atoms with Crippen LogP contribution in [0.1, 0.15) is 97.1 Å². The van der Waals surface area contributed by atoms with Gasteiger partial charge >= 0.3 is 6.09 Å². The fourth-order valence-electron chi connectivity index (χ4n) is 6.20. The van der Waals surface area contributed by atoms with Gasteiger partial charge in [0.15, 0.2) is 0 Å². The van der Waals surface area contributed by atoms with Crippen LogP contribution >= 0.6 is 0 Å². The van der Waals surface area contributed by atoms with E-state index in [2.05, 4.69) is 48.3 Å². The molecule has 1 atom stereocenters. The van der Waals surface area contributed by atoms with Gasteiger partial charge in [-0.25, -0.2) is 4.79 Å². The van der Waals surface area contributed by atoms with E-state index in [-0.39, 0.29) is 18.2 Å². The van der Waals surface area contributed by atoms with Crippen LogP contribution in [0.4, 0.5) is 4.79 Å². The van der Waals surface area contributed by atoms with Crippen molar-refractivity contribution in [1.82, 2.24) is 10.2 Å². The SMILES string of the molecule is CC(C)CC1C2=C(CCN1C(=O)CCC1CCC(NC(=O)OC(C)(C)C)CC1)c1ccccc1C2. The van der Waals surface area contributed by atoms with Crippen molar-refractivity contribution in [2.45, 2.75) is 110 Å². The molecule has 5 nitrogen and oxygen atoms in total. The number of hydrogen-bond donors (Lipinski definition) is 1. The third kappa shape index (κ3) is 6.48. The average molecular weight is 481 g/mol. The van der Waals surface area contributed by atoms with E-state index in [0.717, 1.165) is 57.9 Å². The number of nitrogens with zero attached hydrogens (tertiary/aromatic N) is 1. The first-order chi connectivity index (χ1) is 16.6. The number of fused-ring (bicyclic) bond motifs is 2. The Labute approximate surface area is 211 Å². The number of nitrogens with one attached hydrogen (secondary N) is 1. The number of carbonyl (C=O) groups is 2. The molecule has 5 heteroatoms. The van der Waals surface area contributed by atoms with Crippen molar-refractivity contribution in [3.63, 3.8) is 0 Å². The lowest BCUT2D eigenvalue weighted by molar-refractivity contribution is -0.133. The fourth-order valence-corrected chi connectivity index (χ4v) is 6.20. The van der Waals surface area contributed by atoms with Gasteiger partial charge in [-0.3, -0.25) is 4.79 Å². The Morgan fingerprint density at radius 2 is 1.83 bits per heavy atom. The molecule has 2 amide bonds. The van der Waals surface area contributed by atoms with E-state index in [1.165, 1.54) is 22.3 Å². The zero-order valence-electron chi connectivity index (χ0n) is 22.4. The van der Waals surface area contributed by atoms with E-state index in [1.807, 2.05) is 20.8 Å². The van der Waals surface area contributed by atoms with Gasteiger partial charge in [0.25, 0.3) is 0 Å². The van der Waals surface area contributed by atoms with Gasteiger partial charge < -0.3 is 15.0 Å². The Hall–Kier alpha value is -2.30. The molecule has 0 bridgehead atoms. The lowest BCUT2D eigenvalue weighted by Crippen LogP contribution is -2.45. The number of amides is 2. The molecule has 1 heterocycles. The summed E-state index contributed by atoms with van der Waals surface area (Å²) in [4.78, 5) is 27.7. The third-order valence-electron chi connectivity index (χ3n) is 7.84. The van der Waals surface area contributed by atoms with Gasteiger partial charge in [0.05, 0.1) is 6.04 Å². The molecule has 1 aromatic rings. The van der Waals surface area contributed by atoms with Crippen LogP contribution in [0.2, 0.25) is 0 Å². The standard InChI is InChI=1S/C30H44N2O3/c1-20(2)18-27-26-19-22-8-6-7-9-24(22)25(26)16-17-32(27)28(33)15-12-21-10-13-23(14-11-21)31-29(34)35-30(3,4)5/h6-9,20-21,23,27H,10-19H2,1-5H3,(H,31,34). The minimum absolute atomic E-state index is 0.184. The Kier molecular flexibility index (Phi) is 7.92. The summed E-state index contributed by atoms with van der Waals surface area (Å²) >= 11 is 0. The summed E-state index contributed by atoms with van der Waals surface area (Å²) in [7, 11) is 0. The normalized spacial score (nSPS) is 24.3. The summed E-state index contributed by atoms with van der Waals surface area (Å²) in [6, 6.07) is 9.21. The number of benzene rings is 1. The Balaban J connectivity index is 1.30. The number of hydrogen-bond acceptors (Lipinski definition) is 3. The molecular formula is C30H44N2O3. The lowest BCUT2D eigenvalue weighted by Gasteiger charge is -2.39. The molecule has 4 rings (SSSR count). The van der Waals surface area contributed by atoms with E-state index in [1.54, 1.807) is 0 Å². The van der Waals surface area contributed by atoms with Gasteiger partial charge in [0.1, 0.15) is 5.60 Å². The van der Waals surface area contributed by atoms with E-state index >= 15 is 0 Å². The van der Waals surface area contributed by atoms with Gasteiger partial charge in [-0.1, -0.05) is 38.1 Å². The molecule has 1 saturated carbocycles. The molecule has 35 heavy (non-hydrogen) atoms. The smallest absolute Gasteiger partial charge is 0.407 e. The molecule has 3 aliphatic rings. The van der Waals surface area contributed by atoms with Gasteiger partial charge in [0, 0.05) is 19.0 Å². The van der Waals surface area contributed by atoms with Crippen molar-refractivity contribution in [1.29, 1.82) is 0 Å². The van der Waals surface area contributed by atoms with Crippen LogP contribution in [0.15, 0.2) is 29.8 Å². The van der Waals surface area contributed by atoms with Crippen LogP contribution in [0.25, 0.3) is 5.57 Å². The van der Waals surface area contributed by atoms with Crippen LogP contribution in [-0.2, 0) is 16.0 Å². The van der Waals surface area contributed by atoms with Crippen molar-refractivity contribution >= 4 is 17.6 Å². The molecule has 1 aromatic carbocycles. The van der Waals surface area contributed by atoms with E-state index < -0.39 is 5.60 Å². The second-order valence-corrected chi connectivity index (χ2v) is 12.2. The van der Waals surface area contributed by atoms with E-state index in [4.69, 9.17) is 4.74 Å². The highest BCUT2D eigenvalue weighted by Gasteiger charge is 2.37. The molecule has 1 fully saturated rings. The van der Waals surface area contributed by atoms with Crippen molar-refractivity contribution < 1.29 is 14.3 Å². The third-order valence-corrected chi connectivity index (χ3v) is 7.84. The van der Waals surface area contributed by atoms with Crippen molar-refractivity contribution in [2.24, 2.45) is 11.8 Å². The first-order valence-electron chi connectivity index (χ1n) is 13.7. The zero-order chi connectivity index (χ0) is 25.2. The molecule has 0 aromatic heterocycles. The average Bonchev–Trinajstić information content (AvgIpc) is 3.16. The minimum Gasteiger partial charge on any atom is -0.444 e. The van der Waals surface area contributed by atoms with Crippen LogP contribution in [0, 0.1) is 11.8 Å². The molecule has 2 aliphatic carbocycles. The maximum absolute atomic E-state index is 13.5. The Bertz CT molecular complexity index is 951. The highest BCUT2D eigenvalue weighted by atomic mass is 16.6. The highest BCUT2D eigenvalue weighted by molar-refractivity contribution is 5.83. The number of alkyl carbamates (subject to hydrolysis) is 1. The fraction of sp³-hybridized carbons (Fsp3) is 0.667. The van der Waals surface area contributed by atoms with E-state index in [0.29, 0.717) is 24.2 Å². The van der Waals surface area contributed by atoms with Crippen molar-refractivity contribution in [3.05, 3.63) is 41.0 Å². The number of rotatable bonds is 6. The summed E-state index contributed by atoms with van der Waals surface area (Å²) < 4.78 is 5.40. The van der Waals surface area contributed by atoms with Gasteiger partial charge in [-0.05, 0) is 106 Å². The molecular weight excluding hydrogens is 436 g/mol. The predicted molar refractivity (Wildman–Crippen MR) is 141 cm³/mol. The second kappa shape index (κ2) is 10.8.